The number of sulfonamides is 1. The largest absolute Gasteiger partial charge is 0.349 e. The molecule has 5 nitrogen and oxygen atoms in total. The maximum Gasteiger partial charge on any atom is 0.223 e. The molecular weight excluding hydrogens is 432 g/mol. The fourth-order valence-corrected chi connectivity index (χ4v) is 6.45. The number of piperidine rings is 1. The van der Waals surface area contributed by atoms with Crippen LogP contribution in [0.5, 0.6) is 0 Å². The van der Waals surface area contributed by atoms with Crippen molar-refractivity contribution in [2.24, 2.45) is 5.92 Å². The van der Waals surface area contributed by atoms with Crippen LogP contribution in [0.4, 0.5) is 0 Å². The van der Waals surface area contributed by atoms with Gasteiger partial charge in [0.15, 0.2) is 0 Å². The lowest BCUT2D eigenvalue weighted by atomic mass is 9.96. The second kappa shape index (κ2) is 9.31. The van der Waals surface area contributed by atoms with Gasteiger partial charge < -0.3 is 5.32 Å². The fourth-order valence-electron chi connectivity index (χ4n) is 4.58. The Kier molecular flexibility index (Phi) is 6.70. The van der Waals surface area contributed by atoms with Crippen LogP contribution >= 0.6 is 11.6 Å². The van der Waals surface area contributed by atoms with Gasteiger partial charge in [0.25, 0.3) is 0 Å². The Hall–Kier alpha value is -1.89. The summed E-state index contributed by atoms with van der Waals surface area (Å²) in [6.07, 6.45) is 4.53. The van der Waals surface area contributed by atoms with Gasteiger partial charge in [-0.3, -0.25) is 4.79 Å². The van der Waals surface area contributed by atoms with Crippen molar-refractivity contribution < 1.29 is 13.2 Å². The Bertz CT molecular complexity index is 1060. The Morgan fingerprint density at radius 2 is 1.84 bits per heavy atom. The molecule has 1 heterocycles. The van der Waals surface area contributed by atoms with Crippen LogP contribution in [0.15, 0.2) is 42.5 Å². The maximum absolute atomic E-state index is 12.8. The highest BCUT2D eigenvalue weighted by Crippen LogP contribution is 2.27. The summed E-state index contributed by atoms with van der Waals surface area (Å²) in [5, 5.41) is 3.59. The molecule has 1 aliphatic heterocycles. The minimum absolute atomic E-state index is 0.0103. The van der Waals surface area contributed by atoms with E-state index in [-0.39, 0.29) is 23.6 Å². The van der Waals surface area contributed by atoms with Gasteiger partial charge >= 0.3 is 0 Å². The van der Waals surface area contributed by atoms with E-state index in [1.54, 1.807) is 24.3 Å². The van der Waals surface area contributed by atoms with Crippen molar-refractivity contribution in [2.45, 2.75) is 50.8 Å². The third-order valence-electron chi connectivity index (χ3n) is 6.50. The Balaban J connectivity index is 1.32. The minimum Gasteiger partial charge on any atom is -0.349 e. The van der Waals surface area contributed by atoms with E-state index in [1.165, 1.54) is 21.9 Å². The van der Waals surface area contributed by atoms with Crippen molar-refractivity contribution in [3.05, 3.63) is 69.7 Å². The molecule has 166 valence electrons. The SMILES string of the molecule is C[C@@H](NC(=O)C1CCN(S(=O)(=O)Cc2ccccc2Cl)CC1)c1ccc2c(c1)CCC2. The number of nitrogens with zero attached hydrogens (tertiary/aromatic N) is 1. The summed E-state index contributed by atoms with van der Waals surface area (Å²) >= 11 is 6.13. The van der Waals surface area contributed by atoms with E-state index < -0.39 is 10.0 Å². The Labute approximate surface area is 189 Å². The molecule has 31 heavy (non-hydrogen) atoms. The first-order valence-electron chi connectivity index (χ1n) is 11.0. The third-order valence-corrected chi connectivity index (χ3v) is 8.69. The predicted octanol–water partition coefficient (Wildman–Crippen LogP) is 4.25. The summed E-state index contributed by atoms with van der Waals surface area (Å²) in [5.74, 6) is -0.265. The van der Waals surface area contributed by atoms with Gasteiger partial charge in [-0.2, -0.15) is 0 Å². The molecule has 2 aliphatic rings. The highest BCUT2D eigenvalue weighted by molar-refractivity contribution is 7.88. The zero-order valence-electron chi connectivity index (χ0n) is 17.8. The number of rotatable bonds is 6. The lowest BCUT2D eigenvalue weighted by Gasteiger charge is -2.31. The first-order valence-corrected chi connectivity index (χ1v) is 13.0. The van der Waals surface area contributed by atoms with Gasteiger partial charge in [-0.25, -0.2) is 12.7 Å². The zero-order valence-corrected chi connectivity index (χ0v) is 19.4. The van der Waals surface area contributed by atoms with Crippen molar-refractivity contribution >= 4 is 27.5 Å². The number of hydrogen-bond acceptors (Lipinski definition) is 3. The van der Waals surface area contributed by atoms with Gasteiger partial charge in [0, 0.05) is 24.0 Å². The van der Waals surface area contributed by atoms with E-state index in [0.717, 1.165) is 18.4 Å². The van der Waals surface area contributed by atoms with Crippen LogP contribution in [0.2, 0.25) is 5.02 Å². The van der Waals surface area contributed by atoms with Gasteiger partial charge in [0.2, 0.25) is 15.9 Å². The first-order chi connectivity index (χ1) is 14.8. The number of nitrogens with one attached hydrogen (secondary N) is 1. The minimum atomic E-state index is -3.46. The second-order valence-electron chi connectivity index (χ2n) is 8.63. The topological polar surface area (TPSA) is 66.5 Å². The molecule has 0 spiro atoms. The summed E-state index contributed by atoms with van der Waals surface area (Å²) in [6, 6.07) is 13.5. The van der Waals surface area contributed by atoms with E-state index in [0.29, 0.717) is 36.5 Å². The molecule has 1 N–H and O–H groups in total. The van der Waals surface area contributed by atoms with Crippen molar-refractivity contribution in [3.63, 3.8) is 0 Å². The van der Waals surface area contributed by atoms with E-state index >= 15 is 0 Å². The first kappa shape index (κ1) is 22.3. The quantitative estimate of drug-likeness (QED) is 0.700. The number of carbonyl (C=O) groups excluding carboxylic acids is 1. The Morgan fingerprint density at radius 3 is 2.58 bits per heavy atom. The van der Waals surface area contributed by atoms with Crippen LogP contribution < -0.4 is 5.32 Å². The van der Waals surface area contributed by atoms with Crippen LogP contribution in [-0.2, 0) is 33.4 Å². The third kappa shape index (κ3) is 5.13. The number of amides is 1. The average molecular weight is 461 g/mol. The van der Waals surface area contributed by atoms with Crippen molar-refractivity contribution in [1.82, 2.24) is 9.62 Å². The second-order valence-corrected chi connectivity index (χ2v) is 11.0. The molecule has 0 unspecified atom stereocenters. The van der Waals surface area contributed by atoms with Crippen LogP contribution in [0.1, 0.15) is 54.5 Å². The van der Waals surface area contributed by atoms with Crippen molar-refractivity contribution in [1.29, 1.82) is 0 Å². The number of hydrogen-bond donors (Lipinski definition) is 1. The molecule has 1 aliphatic carbocycles. The number of fused-ring (bicyclic) bond motifs is 1. The van der Waals surface area contributed by atoms with Gasteiger partial charge in [-0.05, 0) is 67.3 Å². The van der Waals surface area contributed by atoms with Crippen LogP contribution in [0.25, 0.3) is 0 Å². The molecular formula is C24H29ClN2O3S. The molecule has 1 amide bonds. The average Bonchev–Trinajstić information content (AvgIpc) is 3.23. The number of halogens is 1. The van der Waals surface area contributed by atoms with Crippen LogP contribution in [0, 0.1) is 5.92 Å². The molecule has 1 fully saturated rings. The normalized spacial score (nSPS) is 18.5. The molecule has 2 aromatic carbocycles. The van der Waals surface area contributed by atoms with E-state index in [2.05, 4.69) is 23.5 Å². The highest BCUT2D eigenvalue weighted by Gasteiger charge is 2.32. The molecule has 0 radical (unpaired) electrons. The number of benzene rings is 2. The molecule has 1 saturated heterocycles. The lowest BCUT2D eigenvalue weighted by molar-refractivity contribution is -0.126. The monoisotopic (exact) mass is 460 g/mol. The summed E-state index contributed by atoms with van der Waals surface area (Å²) in [7, 11) is -3.46. The summed E-state index contributed by atoms with van der Waals surface area (Å²) in [5.41, 5.74) is 4.56. The van der Waals surface area contributed by atoms with Gasteiger partial charge in [-0.15, -0.1) is 0 Å². The van der Waals surface area contributed by atoms with Gasteiger partial charge in [0.1, 0.15) is 0 Å². The molecule has 0 aromatic heterocycles. The van der Waals surface area contributed by atoms with E-state index in [4.69, 9.17) is 11.6 Å². The van der Waals surface area contributed by atoms with Gasteiger partial charge in [-0.1, -0.05) is 48.0 Å². The summed E-state index contributed by atoms with van der Waals surface area (Å²) in [6.45, 7) is 2.73. The van der Waals surface area contributed by atoms with Crippen molar-refractivity contribution in [3.8, 4) is 0 Å². The molecule has 0 bridgehead atoms. The summed E-state index contributed by atoms with van der Waals surface area (Å²) < 4.78 is 27.1. The van der Waals surface area contributed by atoms with Crippen LogP contribution in [-0.4, -0.2) is 31.7 Å². The smallest absolute Gasteiger partial charge is 0.223 e. The summed E-state index contributed by atoms with van der Waals surface area (Å²) in [4.78, 5) is 12.8. The molecule has 1 atom stereocenters. The number of aryl methyl sites for hydroxylation is 2. The predicted molar refractivity (Wildman–Crippen MR) is 123 cm³/mol. The van der Waals surface area contributed by atoms with E-state index in [1.807, 2.05) is 6.92 Å². The molecule has 4 rings (SSSR count). The zero-order chi connectivity index (χ0) is 22.0. The van der Waals surface area contributed by atoms with Crippen molar-refractivity contribution in [2.75, 3.05) is 13.1 Å². The lowest BCUT2D eigenvalue weighted by Crippen LogP contribution is -2.43. The fraction of sp³-hybridized carbons (Fsp3) is 0.458. The highest BCUT2D eigenvalue weighted by atomic mass is 35.5. The molecule has 7 heteroatoms. The molecule has 0 saturated carbocycles. The number of carbonyl (C=O) groups is 1. The van der Waals surface area contributed by atoms with E-state index in [9.17, 15) is 13.2 Å². The molecule has 2 aromatic rings. The standard InChI is InChI=1S/C24H29ClN2O3S/c1-17(20-10-9-18-6-4-7-21(18)15-20)26-24(28)19-11-13-27(14-12-19)31(29,30)16-22-5-2-3-8-23(22)25/h2-3,5,8-10,15,17,19H,4,6-7,11-14,16H2,1H3,(H,26,28)/t17-/m1/s1. The Morgan fingerprint density at radius 1 is 1.13 bits per heavy atom. The van der Waals surface area contributed by atoms with Crippen LogP contribution in [0.3, 0.4) is 0 Å². The van der Waals surface area contributed by atoms with Gasteiger partial charge in [0.05, 0.1) is 11.8 Å². The maximum atomic E-state index is 12.8.